The summed E-state index contributed by atoms with van der Waals surface area (Å²) >= 11 is 0. The molecule has 1 aromatic rings. The largest absolute Gasteiger partial charge is 0.479 e. The van der Waals surface area contributed by atoms with E-state index in [1.165, 1.54) is 0 Å². The topological polar surface area (TPSA) is 73.6 Å². The number of benzene rings is 1. The van der Waals surface area contributed by atoms with E-state index in [2.05, 4.69) is 5.32 Å². The minimum absolute atomic E-state index is 0.122. The number of nitrogens with two attached hydrogens (primary N) is 1. The van der Waals surface area contributed by atoms with Gasteiger partial charge in [-0.1, -0.05) is 6.07 Å². The molecule has 1 aromatic carbocycles. The number of carbonyl (C=O) groups excluding carboxylic acids is 1. The van der Waals surface area contributed by atoms with Crippen molar-refractivity contribution in [1.29, 1.82) is 0 Å². The van der Waals surface area contributed by atoms with Crippen molar-refractivity contribution < 1.29 is 14.3 Å². The highest BCUT2D eigenvalue weighted by molar-refractivity contribution is 5.97. The standard InChI is InChI=1S/C13H18N2O3/c1-8-13(16)15-11-5-9(3-4-12(11)18-8)10(6-14)7-17-2/h3-5,8,10H,6-7,14H2,1-2H3,(H,15,16). The Bertz CT molecular complexity index is 448. The molecule has 5 heteroatoms. The number of amides is 1. The van der Waals surface area contributed by atoms with Crippen LogP contribution in [0.5, 0.6) is 5.75 Å². The molecule has 2 unspecified atom stereocenters. The summed E-state index contributed by atoms with van der Waals surface area (Å²) in [5.41, 5.74) is 7.46. The Kier molecular flexibility index (Phi) is 3.84. The lowest BCUT2D eigenvalue weighted by molar-refractivity contribution is -0.122. The Labute approximate surface area is 106 Å². The average Bonchev–Trinajstić information content (AvgIpc) is 2.37. The summed E-state index contributed by atoms with van der Waals surface area (Å²) in [6.07, 6.45) is -0.451. The van der Waals surface area contributed by atoms with Gasteiger partial charge in [-0.05, 0) is 24.6 Å². The molecule has 1 aliphatic heterocycles. The zero-order chi connectivity index (χ0) is 13.1. The first-order chi connectivity index (χ1) is 8.65. The van der Waals surface area contributed by atoms with Crippen molar-refractivity contribution in [2.45, 2.75) is 18.9 Å². The fourth-order valence-electron chi connectivity index (χ4n) is 1.98. The van der Waals surface area contributed by atoms with Crippen LogP contribution in [0.4, 0.5) is 5.69 Å². The van der Waals surface area contributed by atoms with E-state index >= 15 is 0 Å². The number of carbonyl (C=O) groups is 1. The van der Waals surface area contributed by atoms with Crippen molar-refractivity contribution in [3.8, 4) is 5.75 Å². The number of methoxy groups -OCH3 is 1. The van der Waals surface area contributed by atoms with Gasteiger partial charge in [0.1, 0.15) is 5.75 Å². The van der Waals surface area contributed by atoms with Gasteiger partial charge in [-0.2, -0.15) is 0 Å². The van der Waals surface area contributed by atoms with Crippen molar-refractivity contribution >= 4 is 11.6 Å². The van der Waals surface area contributed by atoms with Crippen LogP contribution in [-0.4, -0.2) is 32.3 Å². The molecule has 98 valence electrons. The number of anilines is 1. The number of fused-ring (bicyclic) bond motifs is 1. The smallest absolute Gasteiger partial charge is 0.265 e. The molecule has 1 aliphatic rings. The number of hydrogen-bond donors (Lipinski definition) is 2. The van der Waals surface area contributed by atoms with Crippen LogP contribution in [0.15, 0.2) is 18.2 Å². The van der Waals surface area contributed by atoms with Crippen molar-refractivity contribution in [2.75, 3.05) is 25.6 Å². The average molecular weight is 250 g/mol. The molecule has 2 atom stereocenters. The third kappa shape index (κ3) is 2.47. The summed E-state index contributed by atoms with van der Waals surface area (Å²) in [6, 6.07) is 5.72. The predicted molar refractivity (Wildman–Crippen MR) is 68.8 cm³/mol. The molecule has 0 saturated carbocycles. The summed E-state index contributed by atoms with van der Waals surface area (Å²) in [5.74, 6) is 0.686. The molecule has 0 fully saturated rings. The lowest BCUT2D eigenvalue weighted by Crippen LogP contribution is -2.34. The van der Waals surface area contributed by atoms with Crippen molar-refractivity contribution in [2.24, 2.45) is 5.73 Å². The predicted octanol–water partition coefficient (Wildman–Crippen LogP) is 1.09. The van der Waals surface area contributed by atoms with Gasteiger partial charge < -0.3 is 20.5 Å². The summed E-state index contributed by atoms with van der Waals surface area (Å²) in [4.78, 5) is 11.5. The third-order valence-corrected chi connectivity index (χ3v) is 3.06. The molecule has 0 spiro atoms. The molecule has 2 rings (SSSR count). The van der Waals surface area contributed by atoms with Crippen LogP contribution in [0.25, 0.3) is 0 Å². The molecule has 0 aromatic heterocycles. The zero-order valence-corrected chi connectivity index (χ0v) is 10.6. The quantitative estimate of drug-likeness (QED) is 0.839. The molecule has 1 heterocycles. The van der Waals surface area contributed by atoms with Crippen LogP contribution < -0.4 is 15.8 Å². The van der Waals surface area contributed by atoms with Crippen LogP contribution in [0.3, 0.4) is 0 Å². The Morgan fingerprint density at radius 3 is 3.00 bits per heavy atom. The Morgan fingerprint density at radius 1 is 1.56 bits per heavy atom. The summed E-state index contributed by atoms with van der Waals surface area (Å²) in [5, 5.41) is 2.83. The first-order valence-corrected chi connectivity index (χ1v) is 5.96. The highest BCUT2D eigenvalue weighted by Gasteiger charge is 2.24. The van der Waals surface area contributed by atoms with Gasteiger partial charge in [-0.3, -0.25) is 4.79 Å². The number of hydrogen-bond acceptors (Lipinski definition) is 4. The molecular weight excluding hydrogens is 232 g/mol. The molecule has 18 heavy (non-hydrogen) atoms. The first kappa shape index (κ1) is 12.9. The first-order valence-electron chi connectivity index (χ1n) is 5.96. The van der Waals surface area contributed by atoms with E-state index in [0.717, 1.165) is 5.56 Å². The molecule has 0 saturated heterocycles. The van der Waals surface area contributed by atoms with Gasteiger partial charge in [0.15, 0.2) is 6.10 Å². The number of rotatable bonds is 4. The molecule has 1 amide bonds. The van der Waals surface area contributed by atoms with Gasteiger partial charge in [0.2, 0.25) is 0 Å². The number of nitrogens with one attached hydrogen (secondary N) is 1. The van der Waals surface area contributed by atoms with Crippen LogP contribution in [0.2, 0.25) is 0 Å². The number of ether oxygens (including phenoxy) is 2. The highest BCUT2D eigenvalue weighted by atomic mass is 16.5. The SMILES string of the molecule is COCC(CN)c1ccc2c(c1)NC(=O)C(C)O2. The van der Waals surface area contributed by atoms with Gasteiger partial charge >= 0.3 is 0 Å². The Balaban J connectivity index is 2.26. The van der Waals surface area contributed by atoms with E-state index in [1.54, 1.807) is 14.0 Å². The van der Waals surface area contributed by atoms with E-state index in [4.69, 9.17) is 15.2 Å². The van der Waals surface area contributed by atoms with Crippen molar-refractivity contribution in [3.05, 3.63) is 23.8 Å². The molecule has 0 aliphatic carbocycles. The second kappa shape index (κ2) is 5.37. The van der Waals surface area contributed by atoms with Gasteiger partial charge in [0, 0.05) is 19.6 Å². The zero-order valence-electron chi connectivity index (χ0n) is 10.6. The maximum Gasteiger partial charge on any atom is 0.265 e. The summed E-state index contributed by atoms with van der Waals surface area (Å²) in [6.45, 7) is 2.78. The molecular formula is C13H18N2O3. The van der Waals surface area contributed by atoms with Gasteiger partial charge in [-0.15, -0.1) is 0 Å². The fourth-order valence-corrected chi connectivity index (χ4v) is 1.98. The van der Waals surface area contributed by atoms with Crippen molar-refractivity contribution in [1.82, 2.24) is 0 Å². The highest BCUT2D eigenvalue weighted by Crippen LogP contribution is 2.32. The molecule has 5 nitrogen and oxygen atoms in total. The van der Waals surface area contributed by atoms with Gasteiger partial charge in [-0.25, -0.2) is 0 Å². The molecule has 0 bridgehead atoms. The molecule has 0 radical (unpaired) electrons. The van der Waals surface area contributed by atoms with Crippen molar-refractivity contribution in [3.63, 3.8) is 0 Å². The van der Waals surface area contributed by atoms with E-state index in [9.17, 15) is 4.79 Å². The van der Waals surface area contributed by atoms with E-state index in [0.29, 0.717) is 24.6 Å². The monoisotopic (exact) mass is 250 g/mol. The second-order valence-electron chi connectivity index (χ2n) is 4.39. The van der Waals surface area contributed by atoms with Gasteiger partial charge in [0.05, 0.1) is 12.3 Å². The normalized spacial score (nSPS) is 19.7. The molecule has 3 N–H and O–H groups in total. The minimum Gasteiger partial charge on any atom is -0.479 e. The summed E-state index contributed by atoms with van der Waals surface area (Å²) < 4.78 is 10.6. The maximum absolute atomic E-state index is 11.5. The third-order valence-electron chi connectivity index (χ3n) is 3.06. The summed E-state index contributed by atoms with van der Waals surface area (Å²) in [7, 11) is 1.65. The van der Waals surface area contributed by atoms with Crippen LogP contribution in [0, 0.1) is 0 Å². The maximum atomic E-state index is 11.5. The van der Waals surface area contributed by atoms with E-state index in [-0.39, 0.29) is 11.8 Å². The van der Waals surface area contributed by atoms with E-state index in [1.807, 2.05) is 18.2 Å². The Morgan fingerprint density at radius 2 is 2.33 bits per heavy atom. The van der Waals surface area contributed by atoms with Crippen LogP contribution in [-0.2, 0) is 9.53 Å². The van der Waals surface area contributed by atoms with Crippen LogP contribution >= 0.6 is 0 Å². The lowest BCUT2D eigenvalue weighted by atomic mass is 9.99. The van der Waals surface area contributed by atoms with Crippen LogP contribution in [0.1, 0.15) is 18.4 Å². The van der Waals surface area contributed by atoms with Gasteiger partial charge in [0.25, 0.3) is 5.91 Å². The fraction of sp³-hybridized carbons (Fsp3) is 0.462. The lowest BCUT2D eigenvalue weighted by Gasteiger charge is -2.25. The second-order valence-corrected chi connectivity index (χ2v) is 4.39. The Hall–Kier alpha value is -1.59. The van der Waals surface area contributed by atoms with E-state index < -0.39 is 6.10 Å². The minimum atomic E-state index is -0.451.